The lowest BCUT2D eigenvalue weighted by Gasteiger charge is -2.37. The zero-order chi connectivity index (χ0) is 20.1. The molecule has 1 aromatic carbocycles. The molecule has 3 nitrogen and oxygen atoms in total. The maximum atomic E-state index is 13.3. The molecule has 2 aromatic rings. The van der Waals surface area contributed by atoms with Gasteiger partial charge in [-0.05, 0) is 43.7 Å². The standard InChI is InChI=1S/C20H20ClF3N2OS/c1-12-2-5-18(28-12)14-11-15(14)19(27)26-8-6-25(7-9-26)17-10-13(21)3-4-16(17)20(22,23)24/h2-5,10,14-15H,6-9,11H2,1H3/t14?,15-/m0/s1. The second kappa shape index (κ2) is 7.26. The van der Waals surface area contributed by atoms with E-state index < -0.39 is 11.7 Å². The van der Waals surface area contributed by atoms with Crippen LogP contribution in [0, 0.1) is 12.8 Å². The molecule has 1 saturated carbocycles. The van der Waals surface area contributed by atoms with Gasteiger partial charge in [0.25, 0.3) is 0 Å². The monoisotopic (exact) mass is 428 g/mol. The van der Waals surface area contributed by atoms with Crippen LogP contribution in [-0.4, -0.2) is 37.0 Å². The van der Waals surface area contributed by atoms with Crippen molar-refractivity contribution in [1.82, 2.24) is 4.90 Å². The Hall–Kier alpha value is -1.73. The smallest absolute Gasteiger partial charge is 0.367 e. The van der Waals surface area contributed by atoms with Crippen LogP contribution >= 0.6 is 22.9 Å². The molecular weight excluding hydrogens is 409 g/mol. The highest BCUT2D eigenvalue weighted by Gasteiger charge is 2.47. The number of carbonyl (C=O) groups is 1. The average Bonchev–Trinajstić information content (AvgIpc) is 3.34. The molecular formula is C20H20ClF3N2OS. The zero-order valence-electron chi connectivity index (χ0n) is 15.3. The van der Waals surface area contributed by atoms with Crippen LogP contribution in [0.25, 0.3) is 0 Å². The molecule has 2 atom stereocenters. The average molecular weight is 429 g/mol. The van der Waals surface area contributed by atoms with Crippen molar-refractivity contribution >= 4 is 34.5 Å². The van der Waals surface area contributed by atoms with E-state index in [1.165, 1.54) is 21.9 Å². The molecule has 2 fully saturated rings. The van der Waals surface area contributed by atoms with E-state index in [1.54, 1.807) is 21.1 Å². The molecule has 150 valence electrons. The minimum absolute atomic E-state index is 0.0153. The third-order valence-corrected chi connectivity index (χ3v) is 6.80. The number of hydrogen-bond acceptors (Lipinski definition) is 3. The summed E-state index contributed by atoms with van der Waals surface area (Å²) in [7, 11) is 0. The first kappa shape index (κ1) is 19.6. The number of nitrogens with zero attached hydrogens (tertiary/aromatic N) is 2. The predicted molar refractivity (Wildman–Crippen MR) is 105 cm³/mol. The van der Waals surface area contributed by atoms with Crippen LogP contribution in [0.15, 0.2) is 30.3 Å². The van der Waals surface area contributed by atoms with Crippen molar-refractivity contribution in [3.05, 3.63) is 50.7 Å². The number of benzene rings is 1. The van der Waals surface area contributed by atoms with E-state index in [9.17, 15) is 18.0 Å². The molecule has 1 unspecified atom stereocenters. The fraction of sp³-hybridized carbons (Fsp3) is 0.450. The fourth-order valence-electron chi connectivity index (χ4n) is 3.84. The Balaban J connectivity index is 1.40. The molecule has 0 radical (unpaired) electrons. The Labute approximate surface area is 170 Å². The van der Waals surface area contributed by atoms with Crippen molar-refractivity contribution in [1.29, 1.82) is 0 Å². The van der Waals surface area contributed by atoms with Gasteiger partial charge in [-0.1, -0.05) is 11.6 Å². The Morgan fingerprint density at radius 2 is 1.86 bits per heavy atom. The second-order valence-corrected chi connectivity index (χ2v) is 9.12. The molecule has 8 heteroatoms. The maximum absolute atomic E-state index is 13.3. The highest BCUT2D eigenvalue weighted by molar-refractivity contribution is 7.12. The Morgan fingerprint density at radius 3 is 2.46 bits per heavy atom. The molecule has 1 aromatic heterocycles. The summed E-state index contributed by atoms with van der Waals surface area (Å²) in [6.45, 7) is 3.64. The van der Waals surface area contributed by atoms with Gasteiger partial charge < -0.3 is 9.80 Å². The van der Waals surface area contributed by atoms with Gasteiger partial charge in [0.15, 0.2) is 0 Å². The van der Waals surface area contributed by atoms with Gasteiger partial charge in [0.2, 0.25) is 5.91 Å². The van der Waals surface area contributed by atoms with E-state index in [2.05, 4.69) is 19.1 Å². The van der Waals surface area contributed by atoms with Gasteiger partial charge in [-0.15, -0.1) is 11.3 Å². The van der Waals surface area contributed by atoms with Crippen LogP contribution in [0.1, 0.15) is 27.7 Å². The molecule has 2 aliphatic rings. The van der Waals surface area contributed by atoms with Crippen molar-refractivity contribution < 1.29 is 18.0 Å². The number of anilines is 1. The minimum atomic E-state index is -4.44. The molecule has 28 heavy (non-hydrogen) atoms. The van der Waals surface area contributed by atoms with Crippen LogP contribution < -0.4 is 4.90 Å². The lowest BCUT2D eigenvalue weighted by Crippen LogP contribution is -2.49. The number of amides is 1. The number of carbonyl (C=O) groups excluding carboxylic acids is 1. The van der Waals surface area contributed by atoms with Crippen LogP contribution in [0.2, 0.25) is 5.02 Å². The molecule has 1 aliphatic carbocycles. The predicted octanol–water partition coefficient (Wildman–Crippen LogP) is 5.18. The van der Waals surface area contributed by atoms with Gasteiger partial charge in [0.1, 0.15) is 0 Å². The van der Waals surface area contributed by atoms with E-state index in [4.69, 9.17) is 11.6 Å². The number of thiophene rings is 1. The number of rotatable bonds is 3. The van der Waals surface area contributed by atoms with Crippen molar-refractivity contribution in [2.24, 2.45) is 5.92 Å². The summed E-state index contributed by atoms with van der Waals surface area (Å²) >= 11 is 7.66. The number of alkyl halides is 3. The summed E-state index contributed by atoms with van der Waals surface area (Å²) in [5.74, 6) is 0.438. The first-order valence-corrected chi connectivity index (χ1v) is 10.4. The Bertz CT molecular complexity index is 890. The largest absolute Gasteiger partial charge is 0.418 e. The summed E-state index contributed by atoms with van der Waals surface area (Å²) in [4.78, 5) is 18.7. The second-order valence-electron chi connectivity index (χ2n) is 7.37. The summed E-state index contributed by atoms with van der Waals surface area (Å²) < 4.78 is 40.0. The molecule has 0 bridgehead atoms. The molecule has 0 spiro atoms. The summed E-state index contributed by atoms with van der Waals surface area (Å²) in [6.07, 6.45) is -3.57. The third kappa shape index (κ3) is 3.87. The third-order valence-electron chi connectivity index (χ3n) is 5.43. The van der Waals surface area contributed by atoms with Crippen molar-refractivity contribution in [3.8, 4) is 0 Å². The van der Waals surface area contributed by atoms with E-state index in [0.29, 0.717) is 32.1 Å². The van der Waals surface area contributed by atoms with E-state index in [-0.39, 0.29) is 22.5 Å². The highest BCUT2D eigenvalue weighted by Crippen LogP contribution is 2.50. The van der Waals surface area contributed by atoms with E-state index >= 15 is 0 Å². The molecule has 2 heterocycles. The molecule has 1 amide bonds. The van der Waals surface area contributed by atoms with E-state index in [1.807, 2.05) is 0 Å². The van der Waals surface area contributed by atoms with Gasteiger partial charge in [0, 0.05) is 52.8 Å². The number of hydrogen-bond donors (Lipinski definition) is 0. The Morgan fingerprint density at radius 1 is 1.14 bits per heavy atom. The van der Waals surface area contributed by atoms with Gasteiger partial charge >= 0.3 is 6.18 Å². The summed E-state index contributed by atoms with van der Waals surface area (Å²) in [5, 5.41) is 0.272. The van der Waals surface area contributed by atoms with Crippen molar-refractivity contribution in [3.63, 3.8) is 0 Å². The lowest BCUT2D eigenvalue weighted by atomic mass is 10.1. The minimum Gasteiger partial charge on any atom is -0.367 e. The molecule has 1 saturated heterocycles. The maximum Gasteiger partial charge on any atom is 0.418 e. The zero-order valence-corrected chi connectivity index (χ0v) is 16.9. The molecule has 0 N–H and O–H groups in total. The molecule has 4 rings (SSSR count). The van der Waals surface area contributed by atoms with Gasteiger partial charge in [0.05, 0.1) is 11.3 Å². The first-order valence-electron chi connectivity index (χ1n) is 9.21. The molecule has 1 aliphatic heterocycles. The highest BCUT2D eigenvalue weighted by atomic mass is 35.5. The fourth-order valence-corrected chi connectivity index (χ4v) is 5.07. The topological polar surface area (TPSA) is 23.6 Å². The van der Waals surface area contributed by atoms with Gasteiger partial charge in [-0.3, -0.25) is 4.79 Å². The normalized spacial score (nSPS) is 22.5. The van der Waals surface area contributed by atoms with Crippen LogP contribution in [0.5, 0.6) is 0 Å². The Kier molecular flexibility index (Phi) is 5.08. The van der Waals surface area contributed by atoms with Crippen LogP contribution in [0.4, 0.5) is 18.9 Å². The quantitative estimate of drug-likeness (QED) is 0.672. The SMILES string of the molecule is Cc1ccc(C2C[C@@H]2C(=O)N2CCN(c3cc(Cl)ccc3C(F)(F)F)CC2)s1. The van der Waals surface area contributed by atoms with E-state index in [0.717, 1.165) is 12.5 Å². The number of aryl methyl sites for hydroxylation is 1. The van der Waals surface area contributed by atoms with Gasteiger partial charge in [-0.2, -0.15) is 13.2 Å². The van der Waals surface area contributed by atoms with Crippen LogP contribution in [0.3, 0.4) is 0 Å². The van der Waals surface area contributed by atoms with Crippen molar-refractivity contribution in [2.45, 2.75) is 25.4 Å². The number of halogens is 4. The number of piperazine rings is 1. The first-order chi connectivity index (χ1) is 13.2. The summed E-state index contributed by atoms with van der Waals surface area (Å²) in [5.41, 5.74) is -0.600. The summed E-state index contributed by atoms with van der Waals surface area (Å²) in [6, 6.07) is 7.80. The lowest BCUT2D eigenvalue weighted by molar-refractivity contribution is -0.137. The van der Waals surface area contributed by atoms with Crippen LogP contribution in [-0.2, 0) is 11.0 Å². The van der Waals surface area contributed by atoms with Crippen molar-refractivity contribution in [2.75, 3.05) is 31.1 Å². The van der Waals surface area contributed by atoms with Gasteiger partial charge in [-0.25, -0.2) is 0 Å².